The van der Waals surface area contributed by atoms with Crippen molar-refractivity contribution in [3.63, 3.8) is 0 Å². The van der Waals surface area contributed by atoms with Crippen LogP contribution >= 0.6 is 0 Å². The highest BCUT2D eigenvalue weighted by molar-refractivity contribution is 5.25. The van der Waals surface area contributed by atoms with Gasteiger partial charge in [-0.05, 0) is 29.5 Å². The molecule has 0 heterocycles. The molecule has 0 aliphatic heterocycles. The maximum atomic E-state index is 13.8. The van der Waals surface area contributed by atoms with Gasteiger partial charge < -0.3 is 5.73 Å². The maximum Gasteiger partial charge on any atom is 0.126 e. The molecule has 0 radical (unpaired) electrons. The molecule has 2 N–H and O–H groups in total. The number of halogens is 1. The van der Waals surface area contributed by atoms with Gasteiger partial charge in [-0.2, -0.15) is 0 Å². The van der Waals surface area contributed by atoms with E-state index >= 15 is 0 Å². The van der Waals surface area contributed by atoms with Gasteiger partial charge in [0, 0.05) is 12.0 Å². The number of hydrogen-bond donors (Lipinski definition) is 1. The highest BCUT2D eigenvalue weighted by Crippen LogP contribution is 2.31. The average Bonchev–Trinajstić information content (AvgIpc) is 2.50. The fourth-order valence-electron chi connectivity index (χ4n) is 2.97. The van der Waals surface area contributed by atoms with Crippen molar-refractivity contribution in [3.05, 3.63) is 71.5 Å². The summed E-state index contributed by atoms with van der Waals surface area (Å²) >= 11 is 0. The van der Waals surface area contributed by atoms with Crippen molar-refractivity contribution in [2.45, 2.75) is 38.6 Å². The van der Waals surface area contributed by atoms with E-state index in [0.29, 0.717) is 17.9 Å². The molecule has 0 amide bonds. The van der Waals surface area contributed by atoms with E-state index in [1.807, 2.05) is 30.3 Å². The van der Waals surface area contributed by atoms with E-state index in [9.17, 15) is 4.39 Å². The molecule has 0 spiro atoms. The zero-order chi connectivity index (χ0) is 15.2. The maximum absolute atomic E-state index is 13.8. The third-order valence-corrected chi connectivity index (χ3v) is 4.32. The topological polar surface area (TPSA) is 26.0 Å². The van der Waals surface area contributed by atoms with E-state index in [0.717, 1.165) is 6.42 Å². The first kappa shape index (κ1) is 15.7. The predicted octanol–water partition coefficient (Wildman–Crippen LogP) is 4.53. The van der Waals surface area contributed by atoms with Gasteiger partial charge in [-0.3, -0.25) is 0 Å². The average molecular weight is 285 g/mol. The van der Waals surface area contributed by atoms with E-state index in [2.05, 4.69) is 26.0 Å². The Morgan fingerprint density at radius 3 is 2.24 bits per heavy atom. The van der Waals surface area contributed by atoms with Crippen molar-refractivity contribution in [2.24, 2.45) is 11.7 Å². The normalized spacial score (nSPS) is 15.4. The van der Waals surface area contributed by atoms with Crippen LogP contribution in [0, 0.1) is 11.7 Å². The summed E-state index contributed by atoms with van der Waals surface area (Å²) in [5, 5.41) is 0. The Morgan fingerprint density at radius 2 is 1.62 bits per heavy atom. The van der Waals surface area contributed by atoms with Crippen molar-refractivity contribution in [1.29, 1.82) is 0 Å². The smallest absolute Gasteiger partial charge is 0.126 e. The van der Waals surface area contributed by atoms with E-state index in [1.54, 1.807) is 6.07 Å². The molecular weight excluding hydrogens is 261 g/mol. The van der Waals surface area contributed by atoms with E-state index in [-0.39, 0.29) is 17.8 Å². The van der Waals surface area contributed by atoms with Crippen LogP contribution in [0.2, 0.25) is 0 Å². The van der Waals surface area contributed by atoms with Gasteiger partial charge in [0.15, 0.2) is 0 Å². The summed E-state index contributed by atoms with van der Waals surface area (Å²) < 4.78 is 13.8. The van der Waals surface area contributed by atoms with E-state index < -0.39 is 0 Å². The molecule has 21 heavy (non-hydrogen) atoms. The van der Waals surface area contributed by atoms with Crippen molar-refractivity contribution in [3.8, 4) is 0 Å². The highest BCUT2D eigenvalue weighted by Gasteiger charge is 2.25. The first-order chi connectivity index (χ1) is 10.1. The summed E-state index contributed by atoms with van der Waals surface area (Å²) in [5.74, 6) is 0.550. The lowest BCUT2D eigenvalue weighted by Gasteiger charge is -2.29. The van der Waals surface area contributed by atoms with Crippen LogP contribution in [-0.4, -0.2) is 6.04 Å². The second kappa shape index (κ2) is 7.37. The van der Waals surface area contributed by atoms with Gasteiger partial charge in [0.2, 0.25) is 0 Å². The SMILES string of the molecule is CCC(C)C(c1ccccc1)C(N)Cc1ccccc1F. The molecular formula is C19H24FN. The van der Waals surface area contributed by atoms with Crippen molar-refractivity contribution in [2.75, 3.05) is 0 Å². The van der Waals surface area contributed by atoms with Crippen LogP contribution in [0.3, 0.4) is 0 Å². The third kappa shape index (κ3) is 3.92. The molecule has 2 heteroatoms. The van der Waals surface area contributed by atoms with Crippen molar-refractivity contribution in [1.82, 2.24) is 0 Å². The Kier molecular flexibility index (Phi) is 5.51. The van der Waals surface area contributed by atoms with Crippen LogP contribution in [0.4, 0.5) is 4.39 Å². The standard InChI is InChI=1S/C19H24FN/c1-3-14(2)19(15-9-5-4-6-10-15)18(21)13-16-11-7-8-12-17(16)20/h4-12,14,18-19H,3,13,21H2,1-2H3. The molecule has 1 nitrogen and oxygen atoms in total. The monoisotopic (exact) mass is 285 g/mol. The molecule has 3 unspecified atom stereocenters. The van der Waals surface area contributed by atoms with Crippen molar-refractivity contribution < 1.29 is 4.39 Å². The second-order valence-corrected chi connectivity index (χ2v) is 5.78. The minimum atomic E-state index is -0.163. The first-order valence-corrected chi connectivity index (χ1v) is 7.67. The van der Waals surface area contributed by atoms with Crippen LogP contribution in [0.1, 0.15) is 37.3 Å². The van der Waals surface area contributed by atoms with Gasteiger partial charge in [-0.1, -0.05) is 68.8 Å². The lowest BCUT2D eigenvalue weighted by atomic mass is 9.78. The third-order valence-electron chi connectivity index (χ3n) is 4.32. The Balaban J connectivity index is 2.23. The van der Waals surface area contributed by atoms with Gasteiger partial charge >= 0.3 is 0 Å². The number of benzene rings is 2. The molecule has 0 fully saturated rings. The number of rotatable bonds is 6. The van der Waals surface area contributed by atoms with Crippen LogP contribution < -0.4 is 5.73 Å². The molecule has 0 aromatic heterocycles. The summed E-state index contributed by atoms with van der Waals surface area (Å²) in [5.41, 5.74) is 8.41. The molecule has 0 bridgehead atoms. The van der Waals surface area contributed by atoms with Gasteiger partial charge in [-0.15, -0.1) is 0 Å². The summed E-state index contributed by atoms with van der Waals surface area (Å²) in [6.07, 6.45) is 1.63. The Morgan fingerprint density at radius 1 is 1.00 bits per heavy atom. The summed E-state index contributed by atoms with van der Waals surface area (Å²) in [4.78, 5) is 0. The molecule has 0 aliphatic rings. The van der Waals surface area contributed by atoms with E-state index in [4.69, 9.17) is 5.73 Å². The lowest BCUT2D eigenvalue weighted by molar-refractivity contribution is 0.377. The first-order valence-electron chi connectivity index (χ1n) is 7.67. The minimum Gasteiger partial charge on any atom is -0.327 e. The molecule has 0 saturated heterocycles. The van der Waals surface area contributed by atoms with Crippen LogP contribution in [0.15, 0.2) is 54.6 Å². The van der Waals surface area contributed by atoms with Crippen LogP contribution in [0.5, 0.6) is 0 Å². The van der Waals surface area contributed by atoms with Gasteiger partial charge in [0.1, 0.15) is 5.82 Å². The molecule has 0 aliphatic carbocycles. The Bertz CT molecular complexity index is 553. The van der Waals surface area contributed by atoms with Gasteiger partial charge in [0.25, 0.3) is 0 Å². The van der Waals surface area contributed by atoms with Gasteiger partial charge in [-0.25, -0.2) is 4.39 Å². The summed E-state index contributed by atoms with van der Waals surface area (Å²) in [7, 11) is 0. The largest absolute Gasteiger partial charge is 0.327 e. The fourth-order valence-corrected chi connectivity index (χ4v) is 2.97. The highest BCUT2D eigenvalue weighted by atomic mass is 19.1. The predicted molar refractivity (Wildman–Crippen MR) is 86.7 cm³/mol. The van der Waals surface area contributed by atoms with E-state index in [1.165, 1.54) is 11.6 Å². The molecule has 3 atom stereocenters. The second-order valence-electron chi connectivity index (χ2n) is 5.78. The Labute approximate surface area is 127 Å². The molecule has 2 aromatic carbocycles. The minimum absolute atomic E-state index is 0.0840. The van der Waals surface area contributed by atoms with Gasteiger partial charge in [0.05, 0.1) is 0 Å². The molecule has 112 valence electrons. The quantitative estimate of drug-likeness (QED) is 0.829. The zero-order valence-corrected chi connectivity index (χ0v) is 12.8. The summed E-state index contributed by atoms with van der Waals surface area (Å²) in [6, 6.07) is 17.2. The summed E-state index contributed by atoms with van der Waals surface area (Å²) in [6.45, 7) is 4.40. The number of hydrogen-bond acceptors (Lipinski definition) is 1. The Hall–Kier alpha value is -1.67. The van der Waals surface area contributed by atoms with Crippen LogP contribution in [0.25, 0.3) is 0 Å². The lowest BCUT2D eigenvalue weighted by Crippen LogP contribution is -2.34. The molecule has 2 rings (SSSR count). The van der Waals surface area contributed by atoms with Crippen molar-refractivity contribution >= 4 is 0 Å². The fraction of sp³-hybridized carbons (Fsp3) is 0.368. The zero-order valence-electron chi connectivity index (χ0n) is 12.8. The molecule has 2 aromatic rings. The van der Waals surface area contributed by atoms with Crippen LogP contribution in [-0.2, 0) is 6.42 Å². The molecule has 0 saturated carbocycles. The number of nitrogens with two attached hydrogens (primary N) is 1.